The zero-order valence-electron chi connectivity index (χ0n) is 12.7. The van der Waals surface area contributed by atoms with E-state index in [4.69, 9.17) is 4.42 Å². The summed E-state index contributed by atoms with van der Waals surface area (Å²) in [7, 11) is 0. The van der Waals surface area contributed by atoms with Crippen LogP contribution in [-0.2, 0) is 6.18 Å². The van der Waals surface area contributed by atoms with Gasteiger partial charge in [0.1, 0.15) is 11.3 Å². The van der Waals surface area contributed by atoms with Crippen molar-refractivity contribution in [3.05, 3.63) is 40.2 Å². The second-order valence-corrected chi connectivity index (χ2v) is 6.85. The lowest BCUT2D eigenvalue weighted by molar-refractivity contribution is -0.137. The van der Waals surface area contributed by atoms with E-state index in [1.807, 2.05) is 5.38 Å². The summed E-state index contributed by atoms with van der Waals surface area (Å²) < 4.78 is 44.0. The first-order valence-electron chi connectivity index (χ1n) is 7.78. The highest BCUT2D eigenvalue weighted by Crippen LogP contribution is 2.36. The second-order valence-electron chi connectivity index (χ2n) is 5.96. The molecule has 3 heterocycles. The summed E-state index contributed by atoms with van der Waals surface area (Å²) in [5.74, 6) is 0.965. The highest BCUT2D eigenvalue weighted by atomic mass is 32.1. The molecule has 0 saturated carbocycles. The molecular formula is C17H15F3N2OS. The van der Waals surface area contributed by atoms with Crippen LogP contribution in [-0.4, -0.2) is 18.1 Å². The molecule has 0 aliphatic carbocycles. The number of hydrogen-bond acceptors (Lipinski definition) is 4. The molecule has 0 spiro atoms. The SMILES string of the molecule is FC(F)(F)c1ccc2cc(-c3csc(C4CCNCC4)n3)oc2c1. The largest absolute Gasteiger partial charge is 0.454 e. The van der Waals surface area contributed by atoms with Crippen molar-refractivity contribution in [2.45, 2.75) is 24.9 Å². The van der Waals surface area contributed by atoms with Crippen molar-refractivity contribution in [1.29, 1.82) is 0 Å². The van der Waals surface area contributed by atoms with Crippen molar-refractivity contribution in [3.63, 3.8) is 0 Å². The number of rotatable bonds is 2. The van der Waals surface area contributed by atoms with E-state index in [2.05, 4.69) is 10.3 Å². The minimum atomic E-state index is -4.37. The molecule has 0 atom stereocenters. The number of hydrogen-bond donors (Lipinski definition) is 1. The summed E-state index contributed by atoms with van der Waals surface area (Å²) in [4.78, 5) is 4.65. The highest BCUT2D eigenvalue weighted by molar-refractivity contribution is 7.10. The first kappa shape index (κ1) is 15.7. The molecule has 1 saturated heterocycles. The third-order valence-electron chi connectivity index (χ3n) is 4.31. The van der Waals surface area contributed by atoms with E-state index < -0.39 is 11.7 Å². The van der Waals surface area contributed by atoms with E-state index in [-0.39, 0.29) is 5.58 Å². The molecule has 126 valence electrons. The predicted octanol–water partition coefficient (Wildman–Crippen LogP) is 5.04. The van der Waals surface area contributed by atoms with Crippen LogP contribution in [0, 0.1) is 0 Å². The number of benzene rings is 1. The van der Waals surface area contributed by atoms with E-state index in [0.717, 1.165) is 43.1 Å². The zero-order chi connectivity index (χ0) is 16.7. The van der Waals surface area contributed by atoms with Crippen molar-refractivity contribution < 1.29 is 17.6 Å². The summed E-state index contributed by atoms with van der Waals surface area (Å²) in [6.07, 6.45) is -2.26. The molecule has 1 N–H and O–H groups in total. The van der Waals surface area contributed by atoms with Crippen LogP contribution in [0.4, 0.5) is 13.2 Å². The molecule has 0 amide bonds. The van der Waals surface area contributed by atoms with Crippen LogP contribution >= 0.6 is 11.3 Å². The van der Waals surface area contributed by atoms with Gasteiger partial charge in [0.05, 0.1) is 10.6 Å². The Bertz CT molecular complexity index is 862. The second kappa shape index (κ2) is 5.89. The Labute approximate surface area is 140 Å². The van der Waals surface area contributed by atoms with Crippen molar-refractivity contribution >= 4 is 22.3 Å². The summed E-state index contributed by atoms with van der Waals surface area (Å²) >= 11 is 1.59. The molecule has 1 aromatic carbocycles. The fraction of sp³-hybridized carbons (Fsp3) is 0.353. The lowest BCUT2D eigenvalue weighted by Crippen LogP contribution is -2.26. The van der Waals surface area contributed by atoms with Gasteiger partial charge in [0, 0.05) is 16.7 Å². The van der Waals surface area contributed by atoms with E-state index in [0.29, 0.717) is 22.8 Å². The number of fused-ring (bicyclic) bond motifs is 1. The molecule has 24 heavy (non-hydrogen) atoms. The molecule has 0 bridgehead atoms. The number of aromatic nitrogens is 1. The molecule has 1 fully saturated rings. The topological polar surface area (TPSA) is 38.1 Å². The van der Waals surface area contributed by atoms with Crippen molar-refractivity contribution in [1.82, 2.24) is 10.3 Å². The number of nitrogens with zero attached hydrogens (tertiary/aromatic N) is 1. The van der Waals surface area contributed by atoms with Crippen molar-refractivity contribution in [2.75, 3.05) is 13.1 Å². The standard InChI is InChI=1S/C17H15F3N2OS/c18-17(19,20)12-2-1-11-7-15(23-14(11)8-12)13-9-24-16(22-13)10-3-5-21-6-4-10/h1-2,7-10,21H,3-6H2. The fourth-order valence-electron chi connectivity index (χ4n) is 2.99. The third kappa shape index (κ3) is 2.93. The maximum absolute atomic E-state index is 12.8. The molecule has 0 radical (unpaired) electrons. The Balaban J connectivity index is 1.65. The number of halogens is 3. The average molecular weight is 352 g/mol. The number of thiazole rings is 1. The summed E-state index contributed by atoms with van der Waals surface area (Å²) in [5.41, 5.74) is 0.221. The van der Waals surface area contributed by atoms with Gasteiger partial charge in [0.25, 0.3) is 0 Å². The number of furan rings is 1. The van der Waals surface area contributed by atoms with Crippen LogP contribution < -0.4 is 5.32 Å². The number of alkyl halides is 3. The van der Waals surface area contributed by atoms with E-state index >= 15 is 0 Å². The quantitative estimate of drug-likeness (QED) is 0.702. The summed E-state index contributed by atoms with van der Waals surface area (Å²) in [6, 6.07) is 5.30. The van der Waals surface area contributed by atoms with Crippen LogP contribution in [0.2, 0.25) is 0 Å². The lowest BCUT2D eigenvalue weighted by atomic mass is 9.99. The van der Waals surface area contributed by atoms with Crippen molar-refractivity contribution in [3.8, 4) is 11.5 Å². The van der Waals surface area contributed by atoms with Crippen LogP contribution in [0.15, 0.2) is 34.1 Å². The average Bonchev–Trinajstić information content (AvgIpc) is 3.21. The van der Waals surface area contributed by atoms with Crippen LogP contribution in [0.25, 0.3) is 22.4 Å². The van der Waals surface area contributed by atoms with E-state index in [1.165, 1.54) is 6.07 Å². The minimum absolute atomic E-state index is 0.233. The monoisotopic (exact) mass is 352 g/mol. The lowest BCUT2D eigenvalue weighted by Gasteiger charge is -2.20. The first-order valence-corrected chi connectivity index (χ1v) is 8.66. The first-order chi connectivity index (χ1) is 11.5. The Kier molecular flexibility index (Phi) is 3.85. The van der Waals surface area contributed by atoms with Crippen LogP contribution in [0.5, 0.6) is 0 Å². The molecule has 3 nitrogen and oxygen atoms in total. The van der Waals surface area contributed by atoms with Crippen LogP contribution in [0.1, 0.15) is 29.3 Å². The number of nitrogens with one attached hydrogen (secondary N) is 1. The predicted molar refractivity (Wildman–Crippen MR) is 87.2 cm³/mol. The summed E-state index contributed by atoms with van der Waals surface area (Å²) in [6.45, 7) is 1.98. The molecular weight excluding hydrogens is 337 g/mol. The maximum atomic E-state index is 12.8. The molecule has 2 aromatic heterocycles. The van der Waals surface area contributed by atoms with Gasteiger partial charge in [-0.1, -0.05) is 6.07 Å². The number of piperidine rings is 1. The smallest absolute Gasteiger partial charge is 0.416 e. The molecule has 7 heteroatoms. The maximum Gasteiger partial charge on any atom is 0.416 e. The van der Waals surface area contributed by atoms with Gasteiger partial charge in [0.15, 0.2) is 5.76 Å². The molecule has 0 unspecified atom stereocenters. The summed E-state index contributed by atoms with van der Waals surface area (Å²) in [5, 5.41) is 6.96. The zero-order valence-corrected chi connectivity index (χ0v) is 13.5. The third-order valence-corrected chi connectivity index (χ3v) is 5.32. The minimum Gasteiger partial charge on any atom is -0.454 e. The van der Waals surface area contributed by atoms with Gasteiger partial charge in [-0.25, -0.2) is 4.98 Å². The molecule has 4 rings (SSSR count). The van der Waals surface area contributed by atoms with Gasteiger partial charge < -0.3 is 9.73 Å². The Morgan fingerprint density at radius 3 is 2.71 bits per heavy atom. The van der Waals surface area contributed by atoms with Gasteiger partial charge >= 0.3 is 6.18 Å². The molecule has 1 aliphatic heterocycles. The van der Waals surface area contributed by atoms with Crippen LogP contribution in [0.3, 0.4) is 0 Å². The van der Waals surface area contributed by atoms with Gasteiger partial charge in [-0.05, 0) is 44.1 Å². The van der Waals surface area contributed by atoms with Gasteiger partial charge in [-0.3, -0.25) is 0 Å². The van der Waals surface area contributed by atoms with Crippen molar-refractivity contribution in [2.24, 2.45) is 0 Å². The Morgan fingerprint density at radius 1 is 1.17 bits per heavy atom. The Morgan fingerprint density at radius 2 is 1.96 bits per heavy atom. The van der Waals surface area contributed by atoms with Gasteiger partial charge in [-0.2, -0.15) is 13.2 Å². The molecule has 1 aliphatic rings. The van der Waals surface area contributed by atoms with Gasteiger partial charge in [0.2, 0.25) is 0 Å². The van der Waals surface area contributed by atoms with Gasteiger partial charge in [-0.15, -0.1) is 11.3 Å². The molecule has 3 aromatic rings. The highest BCUT2D eigenvalue weighted by Gasteiger charge is 2.31. The van der Waals surface area contributed by atoms with E-state index in [1.54, 1.807) is 17.4 Å². The van der Waals surface area contributed by atoms with E-state index in [9.17, 15) is 13.2 Å². The fourth-order valence-corrected chi connectivity index (χ4v) is 3.97. The Hall–Kier alpha value is -1.86. The normalized spacial score (nSPS) is 16.8.